The second kappa shape index (κ2) is 10.9. The van der Waals surface area contributed by atoms with Crippen LogP contribution in [0, 0.1) is 0 Å². The van der Waals surface area contributed by atoms with E-state index in [0.717, 1.165) is 34.4 Å². The number of hydrogen-bond donors (Lipinski definition) is 1. The molecule has 7 nitrogen and oxygen atoms in total. The molecule has 0 spiro atoms. The topological polar surface area (TPSA) is 82.1 Å². The Labute approximate surface area is 208 Å². The maximum Gasteiger partial charge on any atom is 0.246 e. The van der Waals surface area contributed by atoms with Gasteiger partial charge in [0.1, 0.15) is 10.7 Å². The average Bonchev–Trinajstić information content (AvgIpc) is 3.32. The first-order chi connectivity index (χ1) is 15.6. The number of amides is 1. The van der Waals surface area contributed by atoms with Crippen LogP contribution < -0.4 is 5.32 Å². The van der Waals surface area contributed by atoms with Gasteiger partial charge in [0.15, 0.2) is 0 Å². The SMILES string of the molecule is CN(Cc1ccc(C2=NCCN2)cc1)C(=O)/C=C/CN(C)S(=O)(=O)c1ccc(Cl)c(Cl)c1Cl. The lowest BCUT2D eigenvalue weighted by Crippen LogP contribution is -2.28. The van der Waals surface area contributed by atoms with E-state index in [2.05, 4.69) is 10.3 Å². The van der Waals surface area contributed by atoms with E-state index in [4.69, 9.17) is 34.8 Å². The van der Waals surface area contributed by atoms with Gasteiger partial charge in [0.25, 0.3) is 0 Å². The molecular formula is C22H23Cl3N4O3S. The standard InChI is InChI=1S/C22H23Cl3N4O3S/c1-28(14-15-5-7-16(8-6-15)22-26-11-12-27-22)19(30)4-3-13-29(2)33(31,32)18-10-9-17(23)20(24)21(18)25/h3-10H,11-14H2,1-2H3,(H,26,27)/b4-3+. The monoisotopic (exact) mass is 528 g/mol. The molecule has 0 radical (unpaired) electrons. The van der Waals surface area contributed by atoms with Crippen LogP contribution >= 0.6 is 34.8 Å². The lowest BCUT2D eigenvalue weighted by molar-refractivity contribution is -0.125. The minimum atomic E-state index is -3.92. The van der Waals surface area contributed by atoms with Crippen LogP contribution in [0.25, 0.3) is 0 Å². The summed E-state index contributed by atoms with van der Waals surface area (Å²) in [5.41, 5.74) is 1.98. The summed E-state index contributed by atoms with van der Waals surface area (Å²) in [7, 11) is -0.853. The van der Waals surface area contributed by atoms with Gasteiger partial charge < -0.3 is 10.2 Å². The Morgan fingerprint density at radius 2 is 1.79 bits per heavy atom. The molecule has 0 bridgehead atoms. The van der Waals surface area contributed by atoms with E-state index in [1.807, 2.05) is 24.3 Å². The third-order valence-corrected chi connectivity index (χ3v) is 8.28. The molecule has 1 aliphatic rings. The third kappa shape index (κ3) is 6.07. The minimum Gasteiger partial charge on any atom is -0.368 e. The molecule has 0 fully saturated rings. The molecule has 0 saturated carbocycles. The second-order valence-electron chi connectivity index (χ2n) is 7.41. The van der Waals surface area contributed by atoms with Crippen LogP contribution in [-0.4, -0.2) is 63.1 Å². The van der Waals surface area contributed by atoms with Gasteiger partial charge in [-0.2, -0.15) is 4.31 Å². The number of likely N-dealkylation sites (N-methyl/N-ethyl adjacent to an activating group) is 2. The summed E-state index contributed by atoms with van der Waals surface area (Å²) in [5, 5.41) is 3.22. The number of rotatable bonds is 8. The highest BCUT2D eigenvalue weighted by Gasteiger charge is 2.25. The molecule has 1 amide bonds. The van der Waals surface area contributed by atoms with Crippen molar-refractivity contribution in [2.24, 2.45) is 4.99 Å². The molecule has 11 heteroatoms. The van der Waals surface area contributed by atoms with E-state index < -0.39 is 10.0 Å². The van der Waals surface area contributed by atoms with Crippen LogP contribution in [0.2, 0.25) is 15.1 Å². The Kier molecular flexibility index (Phi) is 8.42. The number of amidine groups is 1. The molecule has 0 aliphatic carbocycles. The number of carbonyl (C=O) groups is 1. The molecular weight excluding hydrogens is 507 g/mol. The summed E-state index contributed by atoms with van der Waals surface area (Å²) >= 11 is 17.9. The van der Waals surface area contributed by atoms with Crippen molar-refractivity contribution in [1.82, 2.24) is 14.5 Å². The molecule has 1 heterocycles. The van der Waals surface area contributed by atoms with Crippen LogP contribution in [-0.2, 0) is 21.4 Å². The zero-order valence-corrected chi connectivity index (χ0v) is 21.1. The summed E-state index contributed by atoms with van der Waals surface area (Å²) in [6.07, 6.45) is 2.82. The van der Waals surface area contributed by atoms with Crippen molar-refractivity contribution in [2.75, 3.05) is 33.7 Å². The maximum atomic E-state index is 12.8. The van der Waals surface area contributed by atoms with Crippen molar-refractivity contribution in [3.63, 3.8) is 0 Å². The van der Waals surface area contributed by atoms with Gasteiger partial charge in [-0.15, -0.1) is 0 Å². The Hall–Kier alpha value is -2.10. The Balaban J connectivity index is 1.58. The number of halogens is 3. The van der Waals surface area contributed by atoms with Crippen molar-refractivity contribution in [3.8, 4) is 0 Å². The van der Waals surface area contributed by atoms with Gasteiger partial charge in [0, 0.05) is 45.4 Å². The normalized spacial score (nSPS) is 13.9. The molecule has 3 rings (SSSR count). The van der Waals surface area contributed by atoms with Crippen LogP contribution in [0.5, 0.6) is 0 Å². The molecule has 0 unspecified atom stereocenters. The summed E-state index contributed by atoms with van der Waals surface area (Å²) in [6, 6.07) is 10.5. The minimum absolute atomic E-state index is 0.0255. The van der Waals surface area contributed by atoms with Crippen LogP contribution in [0.3, 0.4) is 0 Å². The maximum absolute atomic E-state index is 12.8. The zero-order valence-electron chi connectivity index (χ0n) is 18.1. The molecule has 0 saturated heterocycles. The van der Waals surface area contributed by atoms with E-state index in [9.17, 15) is 13.2 Å². The quantitative estimate of drug-likeness (QED) is 0.416. The number of hydrogen-bond acceptors (Lipinski definition) is 5. The number of carbonyl (C=O) groups excluding carboxylic acids is 1. The fourth-order valence-corrected chi connectivity index (χ4v) is 5.18. The molecule has 0 aromatic heterocycles. The number of aliphatic imine (C=N–C) groups is 1. The van der Waals surface area contributed by atoms with Crippen LogP contribution in [0.15, 0.2) is 58.4 Å². The van der Waals surface area contributed by atoms with Gasteiger partial charge in [0.05, 0.1) is 21.6 Å². The van der Waals surface area contributed by atoms with E-state index in [1.54, 1.807) is 11.9 Å². The van der Waals surface area contributed by atoms with Gasteiger partial charge in [-0.25, -0.2) is 8.42 Å². The van der Waals surface area contributed by atoms with Crippen molar-refractivity contribution in [2.45, 2.75) is 11.4 Å². The number of nitrogens with zero attached hydrogens (tertiary/aromatic N) is 3. The van der Waals surface area contributed by atoms with Crippen molar-refractivity contribution in [3.05, 3.63) is 74.7 Å². The van der Waals surface area contributed by atoms with Crippen LogP contribution in [0.4, 0.5) is 0 Å². The molecule has 2 aromatic rings. The predicted molar refractivity (Wildman–Crippen MR) is 133 cm³/mol. The Bertz CT molecular complexity index is 1200. The largest absolute Gasteiger partial charge is 0.368 e. The summed E-state index contributed by atoms with van der Waals surface area (Å²) in [5.74, 6) is 0.634. The fraction of sp³-hybridized carbons (Fsp3) is 0.273. The van der Waals surface area contributed by atoms with E-state index >= 15 is 0 Å². The molecule has 176 valence electrons. The zero-order chi connectivity index (χ0) is 24.2. The van der Waals surface area contributed by atoms with Gasteiger partial charge in [0.2, 0.25) is 15.9 Å². The lowest BCUT2D eigenvalue weighted by atomic mass is 10.1. The van der Waals surface area contributed by atoms with Crippen molar-refractivity contribution in [1.29, 1.82) is 0 Å². The van der Waals surface area contributed by atoms with E-state index in [1.165, 1.54) is 31.3 Å². The van der Waals surface area contributed by atoms with Crippen molar-refractivity contribution < 1.29 is 13.2 Å². The number of sulfonamides is 1. The fourth-order valence-electron chi connectivity index (χ4n) is 3.11. The highest BCUT2D eigenvalue weighted by Crippen LogP contribution is 2.35. The van der Waals surface area contributed by atoms with E-state index in [0.29, 0.717) is 6.54 Å². The molecule has 2 aromatic carbocycles. The highest BCUT2D eigenvalue weighted by molar-refractivity contribution is 7.89. The first-order valence-electron chi connectivity index (χ1n) is 10.0. The summed E-state index contributed by atoms with van der Waals surface area (Å²) in [4.78, 5) is 18.2. The smallest absolute Gasteiger partial charge is 0.246 e. The average molecular weight is 530 g/mol. The first kappa shape index (κ1) is 25.5. The van der Waals surface area contributed by atoms with Gasteiger partial charge in [-0.05, 0) is 17.7 Å². The Morgan fingerprint density at radius 3 is 2.42 bits per heavy atom. The molecule has 33 heavy (non-hydrogen) atoms. The highest BCUT2D eigenvalue weighted by atomic mass is 35.5. The van der Waals surface area contributed by atoms with Crippen molar-refractivity contribution >= 4 is 56.6 Å². The number of nitrogens with one attached hydrogen (secondary N) is 1. The number of benzene rings is 2. The van der Waals surface area contributed by atoms with Gasteiger partial charge in [-0.3, -0.25) is 9.79 Å². The molecule has 1 aliphatic heterocycles. The van der Waals surface area contributed by atoms with E-state index in [-0.39, 0.29) is 32.4 Å². The van der Waals surface area contributed by atoms with Gasteiger partial charge in [-0.1, -0.05) is 65.1 Å². The lowest BCUT2D eigenvalue weighted by Gasteiger charge is -2.18. The molecule has 0 atom stereocenters. The molecule has 1 N–H and O–H groups in total. The first-order valence-corrected chi connectivity index (χ1v) is 12.6. The van der Waals surface area contributed by atoms with Gasteiger partial charge >= 0.3 is 0 Å². The predicted octanol–water partition coefficient (Wildman–Crippen LogP) is 3.83. The summed E-state index contributed by atoms with van der Waals surface area (Å²) < 4.78 is 26.6. The third-order valence-electron chi connectivity index (χ3n) is 5.01. The van der Waals surface area contributed by atoms with Crippen LogP contribution in [0.1, 0.15) is 11.1 Å². The summed E-state index contributed by atoms with van der Waals surface area (Å²) in [6.45, 7) is 2.01. The second-order valence-corrected chi connectivity index (χ2v) is 10.6. The Morgan fingerprint density at radius 1 is 1.09 bits per heavy atom.